The molecule has 0 aliphatic heterocycles. The van der Waals surface area contributed by atoms with Gasteiger partial charge in [-0.3, -0.25) is 4.79 Å². The van der Waals surface area contributed by atoms with Gasteiger partial charge >= 0.3 is 0 Å². The molecule has 1 rings (SSSR count). The molecule has 1 amide bonds. The first-order chi connectivity index (χ1) is 11.1. The van der Waals surface area contributed by atoms with Crippen molar-refractivity contribution in [3.8, 4) is 5.75 Å². The van der Waals surface area contributed by atoms with Gasteiger partial charge in [-0.2, -0.15) is 0 Å². The topological polar surface area (TPSA) is 49.3 Å². The lowest BCUT2D eigenvalue weighted by atomic mass is 10.1. The number of phenols is 1. The average Bonchev–Trinajstić information content (AvgIpc) is 2.54. The van der Waals surface area contributed by atoms with E-state index in [1.165, 1.54) is 57.1 Å². The second-order valence-electron chi connectivity index (χ2n) is 5.81. The minimum atomic E-state index is -0.0999. The maximum atomic E-state index is 11.7. The molecule has 0 aromatic heterocycles. The molecule has 0 saturated carbocycles. The second-order valence-corrected chi connectivity index (χ2v) is 6.22. The minimum Gasteiger partial charge on any atom is -0.506 e. The molecule has 0 bridgehead atoms. The fraction of sp³-hybridized carbons (Fsp3) is 0.526. The number of carbonyl (C=O) groups excluding carboxylic acids is 1. The summed E-state index contributed by atoms with van der Waals surface area (Å²) < 4.78 is 0. The van der Waals surface area contributed by atoms with Crippen LogP contribution in [0.25, 0.3) is 6.08 Å². The van der Waals surface area contributed by atoms with E-state index in [0.717, 1.165) is 12.0 Å². The van der Waals surface area contributed by atoms with Crippen molar-refractivity contribution in [2.24, 2.45) is 0 Å². The number of nitrogens with one attached hydrogen (secondary N) is 1. The molecule has 0 fully saturated rings. The van der Waals surface area contributed by atoms with Gasteiger partial charge in [0.05, 0.1) is 5.02 Å². The van der Waals surface area contributed by atoms with E-state index in [0.29, 0.717) is 6.54 Å². The van der Waals surface area contributed by atoms with Gasteiger partial charge in [-0.25, -0.2) is 0 Å². The molecule has 1 aromatic carbocycles. The number of rotatable bonds is 11. The Morgan fingerprint density at radius 1 is 1.13 bits per heavy atom. The quantitative estimate of drug-likeness (QED) is 0.424. The van der Waals surface area contributed by atoms with E-state index in [2.05, 4.69) is 12.2 Å². The number of unbranched alkanes of at least 4 members (excludes halogenated alkanes) is 7. The van der Waals surface area contributed by atoms with Gasteiger partial charge in [0.15, 0.2) is 0 Å². The van der Waals surface area contributed by atoms with Gasteiger partial charge in [0, 0.05) is 12.6 Å². The van der Waals surface area contributed by atoms with Gasteiger partial charge < -0.3 is 10.4 Å². The highest BCUT2D eigenvalue weighted by Gasteiger charge is 1.99. The van der Waals surface area contributed by atoms with E-state index in [1.807, 2.05) is 0 Å². The van der Waals surface area contributed by atoms with Crippen LogP contribution in [-0.2, 0) is 4.79 Å². The molecule has 4 heteroatoms. The summed E-state index contributed by atoms with van der Waals surface area (Å²) in [5, 5.41) is 12.5. The second kappa shape index (κ2) is 12.0. The van der Waals surface area contributed by atoms with Crippen LogP contribution >= 0.6 is 11.6 Å². The molecule has 0 aliphatic rings. The van der Waals surface area contributed by atoms with Crippen LogP contribution in [0.1, 0.15) is 63.9 Å². The third kappa shape index (κ3) is 9.29. The van der Waals surface area contributed by atoms with Crippen LogP contribution < -0.4 is 5.32 Å². The number of aromatic hydroxyl groups is 1. The molecule has 0 radical (unpaired) electrons. The Morgan fingerprint density at radius 2 is 1.78 bits per heavy atom. The van der Waals surface area contributed by atoms with Crippen molar-refractivity contribution in [3.63, 3.8) is 0 Å². The Labute approximate surface area is 144 Å². The Kier molecular flexibility index (Phi) is 10.2. The van der Waals surface area contributed by atoms with Gasteiger partial charge in [0.2, 0.25) is 5.91 Å². The standard InChI is InChI=1S/C19H28ClNO2/c1-2-3-4-5-6-7-8-9-14-21-19(23)13-11-16-10-12-18(22)17(20)15-16/h10-13,15,22H,2-9,14H2,1H3,(H,21,23). The molecular formula is C19H28ClNO2. The normalized spacial score (nSPS) is 11.0. The minimum absolute atomic E-state index is 0.0444. The number of phenolic OH excluding ortho intramolecular Hbond substituents is 1. The van der Waals surface area contributed by atoms with Crippen molar-refractivity contribution in [2.75, 3.05) is 6.54 Å². The van der Waals surface area contributed by atoms with Crippen LogP contribution in [-0.4, -0.2) is 17.6 Å². The summed E-state index contributed by atoms with van der Waals surface area (Å²) in [6.07, 6.45) is 13.2. The first kappa shape index (κ1) is 19.6. The third-order valence-electron chi connectivity index (χ3n) is 3.73. The van der Waals surface area contributed by atoms with Crippen LogP contribution in [0.4, 0.5) is 0 Å². The highest BCUT2D eigenvalue weighted by molar-refractivity contribution is 6.32. The first-order valence-electron chi connectivity index (χ1n) is 8.58. The molecule has 1 aromatic rings. The monoisotopic (exact) mass is 337 g/mol. The predicted molar refractivity (Wildman–Crippen MR) is 97.8 cm³/mol. The van der Waals surface area contributed by atoms with Crippen LogP contribution in [0.2, 0.25) is 5.02 Å². The summed E-state index contributed by atoms with van der Waals surface area (Å²) in [4.78, 5) is 11.7. The Bertz CT molecular complexity index is 500. The van der Waals surface area contributed by atoms with Crippen LogP contribution in [0.5, 0.6) is 5.75 Å². The van der Waals surface area contributed by atoms with Crippen molar-refractivity contribution in [1.29, 1.82) is 0 Å². The van der Waals surface area contributed by atoms with Crippen molar-refractivity contribution in [3.05, 3.63) is 34.9 Å². The zero-order valence-corrected chi connectivity index (χ0v) is 14.7. The molecule has 0 unspecified atom stereocenters. The van der Waals surface area contributed by atoms with Crippen molar-refractivity contribution in [2.45, 2.75) is 58.3 Å². The van der Waals surface area contributed by atoms with Crippen LogP contribution in [0.3, 0.4) is 0 Å². The Hall–Kier alpha value is -1.48. The summed E-state index contributed by atoms with van der Waals surface area (Å²) in [5.41, 5.74) is 0.787. The molecule has 3 nitrogen and oxygen atoms in total. The SMILES string of the molecule is CCCCCCCCCCNC(=O)C=Cc1ccc(O)c(Cl)c1. The van der Waals surface area contributed by atoms with Gasteiger partial charge in [0.1, 0.15) is 5.75 Å². The number of benzene rings is 1. The zero-order valence-electron chi connectivity index (χ0n) is 14.0. The summed E-state index contributed by atoms with van der Waals surface area (Å²) in [6, 6.07) is 4.85. The van der Waals surface area contributed by atoms with Crippen molar-refractivity contribution >= 4 is 23.6 Å². The molecule has 0 heterocycles. The highest BCUT2D eigenvalue weighted by atomic mass is 35.5. The largest absolute Gasteiger partial charge is 0.506 e. The molecule has 0 spiro atoms. The average molecular weight is 338 g/mol. The van der Waals surface area contributed by atoms with Gasteiger partial charge in [-0.05, 0) is 30.2 Å². The van der Waals surface area contributed by atoms with E-state index in [1.54, 1.807) is 18.2 Å². The Balaban J connectivity index is 2.10. The highest BCUT2D eigenvalue weighted by Crippen LogP contribution is 2.24. The lowest BCUT2D eigenvalue weighted by molar-refractivity contribution is -0.116. The van der Waals surface area contributed by atoms with E-state index in [4.69, 9.17) is 11.6 Å². The molecule has 0 saturated heterocycles. The van der Waals surface area contributed by atoms with Crippen LogP contribution in [0.15, 0.2) is 24.3 Å². The van der Waals surface area contributed by atoms with Gasteiger partial charge in [-0.1, -0.05) is 69.5 Å². The summed E-state index contributed by atoms with van der Waals surface area (Å²) >= 11 is 5.82. The molecule has 128 valence electrons. The molecular weight excluding hydrogens is 310 g/mol. The molecule has 23 heavy (non-hydrogen) atoms. The Morgan fingerprint density at radius 3 is 2.43 bits per heavy atom. The lowest BCUT2D eigenvalue weighted by Gasteiger charge is -2.03. The van der Waals surface area contributed by atoms with Crippen molar-refractivity contribution < 1.29 is 9.90 Å². The van der Waals surface area contributed by atoms with Crippen molar-refractivity contribution in [1.82, 2.24) is 5.32 Å². The first-order valence-corrected chi connectivity index (χ1v) is 8.95. The van der Waals surface area contributed by atoms with E-state index in [9.17, 15) is 9.90 Å². The van der Waals surface area contributed by atoms with Crippen LogP contribution in [0, 0.1) is 0 Å². The maximum Gasteiger partial charge on any atom is 0.243 e. The third-order valence-corrected chi connectivity index (χ3v) is 4.03. The smallest absolute Gasteiger partial charge is 0.243 e. The number of hydrogen-bond donors (Lipinski definition) is 2. The molecule has 0 aliphatic carbocycles. The number of carbonyl (C=O) groups is 1. The summed E-state index contributed by atoms with van der Waals surface area (Å²) in [7, 11) is 0. The van der Waals surface area contributed by atoms with E-state index in [-0.39, 0.29) is 16.7 Å². The summed E-state index contributed by atoms with van der Waals surface area (Å²) in [6.45, 7) is 2.95. The van der Waals surface area contributed by atoms with Gasteiger partial charge in [0.25, 0.3) is 0 Å². The molecule has 0 atom stereocenters. The maximum absolute atomic E-state index is 11.7. The fourth-order valence-corrected chi connectivity index (χ4v) is 2.52. The molecule has 2 N–H and O–H groups in total. The zero-order chi connectivity index (χ0) is 16.9. The number of amides is 1. The number of halogens is 1. The fourth-order valence-electron chi connectivity index (χ4n) is 2.33. The summed E-state index contributed by atoms with van der Waals surface area (Å²) in [5.74, 6) is -0.0555. The van der Waals surface area contributed by atoms with E-state index < -0.39 is 0 Å². The lowest BCUT2D eigenvalue weighted by Crippen LogP contribution is -2.21. The van der Waals surface area contributed by atoms with E-state index >= 15 is 0 Å². The predicted octanol–water partition coefficient (Wildman–Crippen LogP) is 5.32. The number of hydrogen-bond acceptors (Lipinski definition) is 2. The van der Waals surface area contributed by atoms with Gasteiger partial charge in [-0.15, -0.1) is 0 Å².